The van der Waals surface area contributed by atoms with E-state index in [1.807, 2.05) is 6.07 Å². The molecule has 156 valence electrons. The minimum Gasteiger partial charge on any atom is -0.456 e. The van der Waals surface area contributed by atoms with Crippen LogP contribution in [0, 0.1) is 34.6 Å². The molecule has 3 aromatic rings. The van der Waals surface area contributed by atoms with Crippen molar-refractivity contribution in [3.63, 3.8) is 0 Å². The summed E-state index contributed by atoms with van der Waals surface area (Å²) in [5.74, 6) is 0.431. The SMILES string of the molecule is CNC(=O)c1cccc(NC(=O)c2ccc(Cc3c(C)c(C)c(C)c(C)c3C)o2)c1. The average molecular weight is 405 g/mol. The van der Waals surface area contributed by atoms with Gasteiger partial charge in [0.1, 0.15) is 5.76 Å². The molecule has 1 aromatic heterocycles. The molecule has 30 heavy (non-hydrogen) atoms. The first kappa shape index (κ1) is 21.4. The van der Waals surface area contributed by atoms with Gasteiger partial charge in [0.15, 0.2) is 5.76 Å². The maximum atomic E-state index is 12.6. The lowest BCUT2D eigenvalue weighted by atomic mass is 9.88. The van der Waals surface area contributed by atoms with Crippen LogP contribution in [0.15, 0.2) is 40.8 Å². The molecule has 2 amide bonds. The van der Waals surface area contributed by atoms with E-state index in [4.69, 9.17) is 4.42 Å². The van der Waals surface area contributed by atoms with Crippen molar-refractivity contribution < 1.29 is 14.0 Å². The van der Waals surface area contributed by atoms with Crippen LogP contribution in [0.3, 0.4) is 0 Å². The van der Waals surface area contributed by atoms with Gasteiger partial charge in [0.05, 0.1) is 0 Å². The molecule has 0 atom stereocenters. The summed E-state index contributed by atoms with van der Waals surface area (Å²) in [6.07, 6.45) is 0.638. The second kappa shape index (κ2) is 8.57. The summed E-state index contributed by atoms with van der Waals surface area (Å²) in [5, 5.41) is 5.36. The van der Waals surface area contributed by atoms with Crippen LogP contribution in [0.2, 0.25) is 0 Å². The Bertz CT molecular complexity index is 1100. The molecule has 0 aliphatic rings. The standard InChI is InChI=1S/C25H28N2O3/c1-14-15(2)17(4)22(18(5)16(14)3)13-21-10-11-23(30-21)25(29)27-20-9-7-8-19(12-20)24(28)26-6/h7-12H,13H2,1-6H3,(H,26,28)(H,27,29). The first-order valence-corrected chi connectivity index (χ1v) is 10.0. The summed E-state index contributed by atoms with van der Waals surface area (Å²) in [5.41, 5.74) is 8.72. The van der Waals surface area contributed by atoms with Crippen molar-refractivity contribution in [2.75, 3.05) is 12.4 Å². The van der Waals surface area contributed by atoms with Crippen molar-refractivity contribution in [3.8, 4) is 0 Å². The zero-order chi connectivity index (χ0) is 22.0. The van der Waals surface area contributed by atoms with Gasteiger partial charge in [-0.3, -0.25) is 9.59 Å². The number of hydrogen-bond donors (Lipinski definition) is 2. The van der Waals surface area contributed by atoms with Gasteiger partial charge in [0, 0.05) is 24.7 Å². The van der Waals surface area contributed by atoms with Gasteiger partial charge in [0.25, 0.3) is 11.8 Å². The Morgan fingerprint density at radius 2 is 1.47 bits per heavy atom. The van der Waals surface area contributed by atoms with Crippen molar-refractivity contribution in [1.29, 1.82) is 0 Å². The van der Waals surface area contributed by atoms with Crippen LogP contribution in [0.5, 0.6) is 0 Å². The Kier molecular flexibility index (Phi) is 6.11. The highest BCUT2D eigenvalue weighted by atomic mass is 16.3. The summed E-state index contributed by atoms with van der Waals surface area (Å²) in [6.45, 7) is 10.7. The largest absolute Gasteiger partial charge is 0.456 e. The molecule has 3 rings (SSSR count). The molecular weight excluding hydrogens is 376 g/mol. The predicted octanol–water partition coefficient (Wildman–Crippen LogP) is 5.02. The molecular formula is C25H28N2O3. The highest BCUT2D eigenvalue weighted by molar-refractivity contribution is 6.03. The summed E-state index contributed by atoms with van der Waals surface area (Å²) in [4.78, 5) is 24.4. The van der Waals surface area contributed by atoms with Gasteiger partial charge in [-0.2, -0.15) is 0 Å². The van der Waals surface area contributed by atoms with E-state index in [1.165, 1.54) is 33.4 Å². The van der Waals surface area contributed by atoms with Crippen molar-refractivity contribution in [2.24, 2.45) is 0 Å². The third kappa shape index (κ3) is 4.15. The van der Waals surface area contributed by atoms with Crippen LogP contribution in [0.4, 0.5) is 5.69 Å². The second-order valence-electron chi connectivity index (χ2n) is 7.66. The number of amides is 2. The summed E-state index contributed by atoms with van der Waals surface area (Å²) >= 11 is 0. The summed E-state index contributed by atoms with van der Waals surface area (Å²) in [6, 6.07) is 10.3. The number of rotatable bonds is 5. The Morgan fingerprint density at radius 1 is 0.833 bits per heavy atom. The van der Waals surface area contributed by atoms with Crippen LogP contribution >= 0.6 is 0 Å². The predicted molar refractivity (Wildman–Crippen MR) is 119 cm³/mol. The molecule has 0 bridgehead atoms. The molecule has 0 saturated carbocycles. The molecule has 2 aromatic carbocycles. The van der Waals surface area contributed by atoms with Gasteiger partial charge < -0.3 is 15.1 Å². The van der Waals surface area contributed by atoms with Gasteiger partial charge in [-0.15, -0.1) is 0 Å². The van der Waals surface area contributed by atoms with E-state index in [0.29, 0.717) is 17.7 Å². The molecule has 5 heteroatoms. The lowest BCUT2D eigenvalue weighted by molar-refractivity contribution is 0.0960. The van der Waals surface area contributed by atoms with Crippen molar-refractivity contribution in [1.82, 2.24) is 5.32 Å². The highest BCUT2D eigenvalue weighted by Crippen LogP contribution is 2.28. The van der Waals surface area contributed by atoms with Gasteiger partial charge in [0.2, 0.25) is 0 Å². The van der Waals surface area contributed by atoms with E-state index in [9.17, 15) is 9.59 Å². The van der Waals surface area contributed by atoms with Crippen LogP contribution < -0.4 is 10.6 Å². The quantitative estimate of drug-likeness (QED) is 0.627. The number of carbonyl (C=O) groups excluding carboxylic acids is 2. The molecule has 0 fully saturated rings. The van der Waals surface area contributed by atoms with Crippen LogP contribution in [0.25, 0.3) is 0 Å². The van der Waals surface area contributed by atoms with Gasteiger partial charge in [-0.25, -0.2) is 0 Å². The molecule has 5 nitrogen and oxygen atoms in total. The number of benzene rings is 2. The maximum absolute atomic E-state index is 12.6. The monoisotopic (exact) mass is 404 g/mol. The number of furan rings is 1. The molecule has 0 saturated heterocycles. The number of hydrogen-bond acceptors (Lipinski definition) is 3. The Balaban J connectivity index is 1.79. The highest BCUT2D eigenvalue weighted by Gasteiger charge is 2.16. The van der Waals surface area contributed by atoms with E-state index in [-0.39, 0.29) is 17.6 Å². The lowest BCUT2D eigenvalue weighted by Crippen LogP contribution is -2.18. The first-order valence-electron chi connectivity index (χ1n) is 10.0. The van der Waals surface area contributed by atoms with Gasteiger partial charge in [-0.1, -0.05) is 6.07 Å². The second-order valence-corrected chi connectivity index (χ2v) is 7.66. The van der Waals surface area contributed by atoms with Gasteiger partial charge in [-0.05, 0) is 98.3 Å². The Morgan fingerprint density at radius 3 is 2.10 bits per heavy atom. The van der Waals surface area contributed by atoms with E-state index < -0.39 is 0 Å². The molecule has 1 heterocycles. The summed E-state index contributed by atoms with van der Waals surface area (Å²) < 4.78 is 5.85. The Hall–Kier alpha value is -3.34. The Labute approximate surface area is 177 Å². The molecule has 0 radical (unpaired) electrons. The fraction of sp³-hybridized carbons (Fsp3) is 0.280. The molecule has 0 unspecified atom stereocenters. The number of anilines is 1. The molecule has 2 N–H and O–H groups in total. The zero-order valence-corrected chi connectivity index (χ0v) is 18.4. The fourth-order valence-electron chi connectivity index (χ4n) is 3.69. The maximum Gasteiger partial charge on any atom is 0.291 e. The minimum atomic E-state index is -0.347. The van der Waals surface area contributed by atoms with Crippen LogP contribution in [0.1, 0.15) is 60.1 Å². The van der Waals surface area contributed by atoms with Crippen molar-refractivity contribution in [2.45, 2.75) is 41.0 Å². The molecule has 0 aliphatic heterocycles. The van der Waals surface area contributed by atoms with E-state index in [2.05, 4.69) is 45.3 Å². The lowest BCUT2D eigenvalue weighted by Gasteiger charge is -2.18. The van der Waals surface area contributed by atoms with E-state index in [0.717, 1.165) is 5.76 Å². The normalized spacial score (nSPS) is 10.7. The first-order chi connectivity index (χ1) is 14.2. The minimum absolute atomic E-state index is 0.208. The fourth-order valence-corrected chi connectivity index (χ4v) is 3.69. The van der Waals surface area contributed by atoms with Crippen LogP contribution in [-0.2, 0) is 6.42 Å². The third-order valence-electron chi connectivity index (χ3n) is 6.00. The van der Waals surface area contributed by atoms with Crippen molar-refractivity contribution >= 4 is 17.5 Å². The van der Waals surface area contributed by atoms with Crippen molar-refractivity contribution in [3.05, 3.63) is 86.9 Å². The number of nitrogens with one attached hydrogen (secondary N) is 2. The average Bonchev–Trinajstić information content (AvgIpc) is 3.22. The van der Waals surface area contributed by atoms with E-state index >= 15 is 0 Å². The third-order valence-corrected chi connectivity index (χ3v) is 6.00. The van der Waals surface area contributed by atoms with Crippen LogP contribution in [-0.4, -0.2) is 18.9 Å². The van der Waals surface area contributed by atoms with Gasteiger partial charge >= 0.3 is 0 Å². The molecule has 0 aliphatic carbocycles. The zero-order valence-electron chi connectivity index (χ0n) is 18.4. The summed E-state index contributed by atoms with van der Waals surface area (Å²) in [7, 11) is 1.57. The molecule has 0 spiro atoms. The number of carbonyl (C=O) groups is 2. The smallest absolute Gasteiger partial charge is 0.291 e. The topological polar surface area (TPSA) is 71.3 Å². The van der Waals surface area contributed by atoms with E-state index in [1.54, 1.807) is 37.4 Å².